The molecule has 4 rings (SSSR count). The Morgan fingerprint density at radius 3 is 2.80 bits per heavy atom. The van der Waals surface area contributed by atoms with E-state index < -0.39 is 0 Å². The molecule has 2 aromatic heterocycles. The van der Waals surface area contributed by atoms with Crippen molar-refractivity contribution in [1.29, 1.82) is 0 Å². The van der Waals surface area contributed by atoms with E-state index >= 15 is 0 Å². The molecule has 0 saturated carbocycles. The molecule has 2 N–H and O–H groups in total. The molecular weight excluding hydrogens is 446 g/mol. The van der Waals surface area contributed by atoms with Crippen LogP contribution in [0.25, 0.3) is 11.2 Å². The third-order valence-corrected chi connectivity index (χ3v) is 5.95. The zero-order chi connectivity index (χ0) is 20.9. The molecule has 1 atom stereocenters. The summed E-state index contributed by atoms with van der Waals surface area (Å²) in [5.41, 5.74) is 2.74. The van der Waals surface area contributed by atoms with Crippen molar-refractivity contribution in [2.24, 2.45) is 0 Å². The Morgan fingerprint density at radius 1 is 1.30 bits per heavy atom. The second kappa shape index (κ2) is 9.57. The first kappa shape index (κ1) is 20.8. The lowest BCUT2D eigenvalue weighted by Gasteiger charge is -2.28. The lowest BCUT2D eigenvalue weighted by molar-refractivity contribution is -0.121. The number of ether oxygens (including phenoxy) is 1. The number of H-pyrrole nitrogens is 1. The summed E-state index contributed by atoms with van der Waals surface area (Å²) in [5, 5.41) is 3.12. The lowest BCUT2D eigenvalue weighted by atomic mass is 10.1. The second-order valence-corrected chi connectivity index (χ2v) is 8.46. The number of likely N-dealkylation sites (tertiary alicyclic amines) is 1. The van der Waals surface area contributed by atoms with E-state index in [1.807, 2.05) is 18.2 Å². The molecule has 1 aromatic carbocycles. The molecule has 0 aliphatic carbocycles. The minimum atomic E-state index is 0.0299. The number of aromatic amines is 1. The van der Waals surface area contributed by atoms with Crippen LogP contribution in [0.15, 0.2) is 41.0 Å². The molecule has 0 bridgehead atoms. The summed E-state index contributed by atoms with van der Waals surface area (Å²) < 4.78 is 6.17. The van der Waals surface area contributed by atoms with Gasteiger partial charge in [-0.25, -0.2) is 9.97 Å². The number of nitrogens with one attached hydrogen (secondary N) is 2. The number of hydrogen-bond acceptors (Lipinski definition) is 5. The number of methoxy groups -OCH3 is 1. The minimum absolute atomic E-state index is 0.0299. The average molecular weight is 472 g/mol. The molecular formula is C22H26BrN5O2. The summed E-state index contributed by atoms with van der Waals surface area (Å²) in [5.74, 6) is 1.65. The normalized spacial score (nSPS) is 15.4. The van der Waals surface area contributed by atoms with Crippen molar-refractivity contribution in [3.8, 4) is 5.75 Å². The first-order valence-corrected chi connectivity index (χ1v) is 11.1. The van der Waals surface area contributed by atoms with Gasteiger partial charge in [0.2, 0.25) is 5.91 Å². The van der Waals surface area contributed by atoms with E-state index in [-0.39, 0.29) is 11.9 Å². The van der Waals surface area contributed by atoms with Gasteiger partial charge < -0.3 is 15.0 Å². The standard InChI is InChI=1S/C22H26BrN5O2/c1-30-17-6-4-15(5-7-17)19(28-10-2-3-11-28)14-24-21(29)9-8-20-26-18-12-16(23)13-25-22(18)27-20/h4-7,12-13,19H,2-3,8-11,14H2,1H3,(H,24,29)(H,25,26,27)/t19-/m0/s1. The molecule has 0 spiro atoms. The number of amides is 1. The zero-order valence-electron chi connectivity index (χ0n) is 17.0. The highest BCUT2D eigenvalue weighted by molar-refractivity contribution is 9.10. The van der Waals surface area contributed by atoms with Gasteiger partial charge in [-0.3, -0.25) is 9.69 Å². The van der Waals surface area contributed by atoms with E-state index in [4.69, 9.17) is 4.74 Å². The number of hydrogen-bond donors (Lipinski definition) is 2. The Balaban J connectivity index is 1.35. The third kappa shape index (κ3) is 4.99. The van der Waals surface area contributed by atoms with Crippen LogP contribution in [0.4, 0.5) is 0 Å². The molecule has 1 saturated heterocycles. The van der Waals surface area contributed by atoms with Gasteiger partial charge in [-0.05, 0) is 65.6 Å². The fourth-order valence-corrected chi connectivity index (χ4v) is 4.24. The Kier molecular flexibility index (Phi) is 6.64. The van der Waals surface area contributed by atoms with Gasteiger partial charge in [0.05, 0.1) is 18.7 Å². The van der Waals surface area contributed by atoms with Crippen molar-refractivity contribution in [1.82, 2.24) is 25.2 Å². The molecule has 1 aliphatic rings. The third-order valence-electron chi connectivity index (χ3n) is 5.52. The van der Waals surface area contributed by atoms with Gasteiger partial charge in [0, 0.05) is 30.1 Å². The summed E-state index contributed by atoms with van der Waals surface area (Å²) in [6.45, 7) is 2.72. The summed E-state index contributed by atoms with van der Waals surface area (Å²) in [7, 11) is 1.67. The molecule has 3 aromatic rings. The highest BCUT2D eigenvalue weighted by Gasteiger charge is 2.24. The van der Waals surface area contributed by atoms with Crippen molar-refractivity contribution >= 4 is 33.0 Å². The number of nitrogens with zero attached hydrogens (tertiary/aromatic N) is 3. The number of aryl methyl sites for hydroxylation is 1. The van der Waals surface area contributed by atoms with E-state index in [1.54, 1.807) is 13.3 Å². The minimum Gasteiger partial charge on any atom is -0.497 e. The van der Waals surface area contributed by atoms with Gasteiger partial charge in [-0.15, -0.1) is 0 Å². The fraction of sp³-hybridized carbons (Fsp3) is 0.409. The van der Waals surface area contributed by atoms with E-state index in [0.29, 0.717) is 25.0 Å². The lowest BCUT2D eigenvalue weighted by Crippen LogP contribution is -2.36. The van der Waals surface area contributed by atoms with Crippen molar-refractivity contribution < 1.29 is 9.53 Å². The highest BCUT2D eigenvalue weighted by Crippen LogP contribution is 2.26. The Hall–Kier alpha value is -2.45. The van der Waals surface area contributed by atoms with Crippen LogP contribution in [-0.2, 0) is 11.2 Å². The molecule has 7 nitrogen and oxygen atoms in total. The Bertz CT molecular complexity index is 998. The maximum atomic E-state index is 12.5. The number of carbonyl (C=O) groups excluding carboxylic acids is 1. The predicted octanol–water partition coefficient (Wildman–Crippen LogP) is 3.61. The SMILES string of the molecule is COc1ccc([C@H](CNC(=O)CCc2nc3ncc(Br)cc3[nH]2)N2CCCC2)cc1. The number of aromatic nitrogens is 3. The maximum absolute atomic E-state index is 12.5. The monoisotopic (exact) mass is 471 g/mol. The molecule has 3 heterocycles. The van der Waals surface area contributed by atoms with E-state index in [9.17, 15) is 4.79 Å². The fourth-order valence-electron chi connectivity index (χ4n) is 3.91. The van der Waals surface area contributed by atoms with Crippen molar-refractivity contribution in [3.63, 3.8) is 0 Å². The quantitative estimate of drug-likeness (QED) is 0.524. The summed E-state index contributed by atoms with van der Waals surface area (Å²) in [6.07, 6.45) is 5.07. The van der Waals surface area contributed by atoms with Crippen LogP contribution in [0.1, 0.15) is 36.7 Å². The number of rotatable bonds is 8. The number of fused-ring (bicyclic) bond motifs is 1. The van der Waals surface area contributed by atoms with Gasteiger partial charge in [-0.1, -0.05) is 12.1 Å². The van der Waals surface area contributed by atoms with Gasteiger partial charge in [0.25, 0.3) is 0 Å². The van der Waals surface area contributed by atoms with Gasteiger partial charge in [0.15, 0.2) is 5.65 Å². The smallest absolute Gasteiger partial charge is 0.220 e. The van der Waals surface area contributed by atoms with Gasteiger partial charge in [-0.2, -0.15) is 0 Å². The van der Waals surface area contributed by atoms with Crippen molar-refractivity contribution in [3.05, 3.63) is 52.4 Å². The van der Waals surface area contributed by atoms with E-state index in [2.05, 4.69) is 53.2 Å². The molecule has 1 amide bonds. The highest BCUT2D eigenvalue weighted by atomic mass is 79.9. The number of benzene rings is 1. The molecule has 30 heavy (non-hydrogen) atoms. The zero-order valence-corrected chi connectivity index (χ0v) is 18.6. The second-order valence-electron chi connectivity index (χ2n) is 7.54. The summed E-state index contributed by atoms with van der Waals surface area (Å²) in [6, 6.07) is 10.3. The van der Waals surface area contributed by atoms with Crippen molar-refractivity contribution in [2.45, 2.75) is 31.7 Å². The molecule has 0 radical (unpaired) electrons. The van der Waals surface area contributed by atoms with Gasteiger partial charge >= 0.3 is 0 Å². The molecule has 8 heteroatoms. The first-order chi connectivity index (χ1) is 14.6. The summed E-state index contributed by atoms with van der Waals surface area (Å²) >= 11 is 3.41. The number of halogens is 1. The molecule has 1 fully saturated rings. The molecule has 1 aliphatic heterocycles. The maximum Gasteiger partial charge on any atom is 0.220 e. The average Bonchev–Trinajstić information content (AvgIpc) is 3.42. The largest absolute Gasteiger partial charge is 0.497 e. The predicted molar refractivity (Wildman–Crippen MR) is 119 cm³/mol. The Morgan fingerprint density at radius 2 is 2.07 bits per heavy atom. The number of imidazole rings is 1. The summed E-state index contributed by atoms with van der Waals surface area (Å²) in [4.78, 5) is 26.9. The van der Waals surface area contributed by atoms with Crippen molar-refractivity contribution in [2.75, 3.05) is 26.7 Å². The van der Waals surface area contributed by atoms with Crippen LogP contribution in [0, 0.1) is 0 Å². The van der Waals surface area contributed by atoms with Crippen LogP contribution in [0.5, 0.6) is 5.75 Å². The van der Waals surface area contributed by atoms with Crippen LogP contribution >= 0.6 is 15.9 Å². The van der Waals surface area contributed by atoms with Crippen LogP contribution in [0.3, 0.4) is 0 Å². The van der Waals surface area contributed by atoms with Crippen LogP contribution in [-0.4, -0.2) is 52.5 Å². The molecule has 158 valence electrons. The first-order valence-electron chi connectivity index (χ1n) is 10.3. The van der Waals surface area contributed by atoms with Gasteiger partial charge in [0.1, 0.15) is 11.6 Å². The topological polar surface area (TPSA) is 83.1 Å². The number of carbonyl (C=O) groups is 1. The van der Waals surface area contributed by atoms with Crippen LogP contribution < -0.4 is 10.1 Å². The Labute approximate surface area is 184 Å². The number of pyridine rings is 1. The van der Waals surface area contributed by atoms with E-state index in [0.717, 1.165) is 34.7 Å². The van der Waals surface area contributed by atoms with Crippen LogP contribution in [0.2, 0.25) is 0 Å². The van der Waals surface area contributed by atoms with E-state index in [1.165, 1.54) is 18.4 Å². The molecule has 0 unspecified atom stereocenters.